The standard InChI is InChI=1S/C18H14N2O7.C16H9Cl2NO4.C16H10N2O6/c1-27-11-7-5-10(6-8-11)14(9-15(21)22)19-17(23)12-3-2-4-13(20(25)26)16(12)18(19)24;17-11-6-9-10(7-12(11)18)15(21)19(14(9)20)13(16(22)23)8-4-2-1-3-5-8;19-14-10-7-4-8-11(18(23)24)12(10)15(20)17(14)13(16(21)22)9-5-2-1-3-6-9/h2-8,14H,9H2,1H3,(H,21,22);1-7,13H,(H,22,23);1-8,13H,(H,21,22). The summed E-state index contributed by atoms with van der Waals surface area (Å²) in [5.41, 5.74) is -0.953. The summed E-state index contributed by atoms with van der Waals surface area (Å²) in [6, 6.07) is 28.0. The lowest BCUT2D eigenvalue weighted by Gasteiger charge is -2.25. The molecule has 3 aliphatic rings. The van der Waals surface area contributed by atoms with Gasteiger partial charge in [0.1, 0.15) is 16.9 Å². The third-order valence-electron chi connectivity index (χ3n) is 11.6. The van der Waals surface area contributed by atoms with Crippen LogP contribution in [-0.2, 0) is 14.4 Å². The predicted octanol–water partition coefficient (Wildman–Crippen LogP) is 7.85. The van der Waals surface area contributed by atoms with Crippen molar-refractivity contribution < 1.29 is 73.1 Å². The average molecular weight is 1050 g/mol. The van der Waals surface area contributed by atoms with E-state index in [9.17, 15) is 78.7 Å². The number of carboxylic acids is 3. The second-order valence-electron chi connectivity index (χ2n) is 15.9. The minimum atomic E-state index is -1.56. The van der Waals surface area contributed by atoms with Gasteiger partial charge < -0.3 is 20.1 Å². The lowest BCUT2D eigenvalue weighted by molar-refractivity contribution is -0.385. The molecule has 0 spiro atoms. The Balaban J connectivity index is 0.000000163. The van der Waals surface area contributed by atoms with Crippen molar-refractivity contribution in [2.24, 2.45) is 0 Å². The quantitative estimate of drug-likeness (QED) is 0.0563. The van der Waals surface area contributed by atoms with Gasteiger partial charge in [-0.15, -0.1) is 0 Å². The van der Waals surface area contributed by atoms with Gasteiger partial charge in [-0.1, -0.05) is 108 Å². The smallest absolute Gasteiger partial charge is 0.331 e. The molecule has 24 heteroatoms. The van der Waals surface area contributed by atoms with Gasteiger partial charge in [-0.3, -0.25) is 68.5 Å². The number of fused-ring (bicyclic) bond motifs is 3. The van der Waals surface area contributed by atoms with Crippen LogP contribution in [0.3, 0.4) is 0 Å². The lowest BCUT2D eigenvalue weighted by Crippen LogP contribution is -2.38. The van der Waals surface area contributed by atoms with Gasteiger partial charge >= 0.3 is 17.9 Å². The zero-order valence-electron chi connectivity index (χ0n) is 37.7. The van der Waals surface area contributed by atoms with Crippen molar-refractivity contribution in [1.29, 1.82) is 0 Å². The molecule has 22 nitrogen and oxygen atoms in total. The molecule has 6 aromatic rings. The fourth-order valence-corrected chi connectivity index (χ4v) is 8.63. The summed E-state index contributed by atoms with van der Waals surface area (Å²) >= 11 is 11.8. The number of imide groups is 3. The first-order valence-electron chi connectivity index (χ1n) is 21.3. The molecule has 0 aliphatic carbocycles. The number of nitro benzene ring substituents is 2. The Labute approximate surface area is 425 Å². The average Bonchev–Trinajstić information content (AvgIpc) is 3.88. The number of methoxy groups -OCH3 is 1. The van der Waals surface area contributed by atoms with E-state index in [1.54, 1.807) is 72.8 Å². The van der Waals surface area contributed by atoms with Gasteiger partial charge in [-0.25, -0.2) is 9.59 Å². The van der Waals surface area contributed by atoms with Gasteiger partial charge in [0.25, 0.3) is 46.8 Å². The first-order chi connectivity index (χ1) is 35.2. The molecule has 0 aromatic heterocycles. The molecule has 9 rings (SSSR count). The maximum Gasteiger partial charge on any atom is 0.331 e. The number of amides is 6. The largest absolute Gasteiger partial charge is 0.497 e. The fraction of sp³-hybridized carbons (Fsp3) is 0.100. The van der Waals surface area contributed by atoms with Crippen LogP contribution < -0.4 is 4.74 Å². The number of halogens is 2. The number of hydrogen-bond donors (Lipinski definition) is 3. The number of nitro groups is 2. The van der Waals surface area contributed by atoms with E-state index in [4.69, 9.17) is 27.9 Å². The summed E-state index contributed by atoms with van der Waals surface area (Å²) in [5, 5.41) is 50.8. The molecule has 3 N–H and O–H groups in total. The van der Waals surface area contributed by atoms with Crippen LogP contribution in [0.2, 0.25) is 10.0 Å². The number of benzene rings is 6. The maximum atomic E-state index is 12.8. The molecular formula is C50H33Cl2N5O17. The van der Waals surface area contributed by atoms with Crippen LogP contribution in [0, 0.1) is 20.2 Å². The van der Waals surface area contributed by atoms with Gasteiger partial charge in [0.2, 0.25) is 0 Å². The summed E-state index contributed by atoms with van der Waals surface area (Å²) in [6.45, 7) is 0. The Kier molecular flexibility index (Phi) is 15.1. The van der Waals surface area contributed by atoms with Crippen LogP contribution in [0.4, 0.5) is 11.4 Å². The number of hydrogen-bond acceptors (Lipinski definition) is 14. The minimum absolute atomic E-state index is 0.0478. The third kappa shape index (κ3) is 9.84. The SMILES string of the molecule is COc1ccc(C(CC(=O)O)N2C(=O)c3cccc([N+](=O)[O-])c3C2=O)cc1.O=C(O)C(c1ccccc1)N1C(=O)c2cc(Cl)c(Cl)cc2C1=O.O=C(O)C(c1ccccc1)N1C(=O)c2cccc([N+](=O)[O-])c2C1=O. The van der Waals surface area contributed by atoms with Gasteiger partial charge in [-0.05, 0) is 53.1 Å². The number of aliphatic carboxylic acids is 3. The maximum absolute atomic E-state index is 12.8. The van der Waals surface area contributed by atoms with Crippen LogP contribution in [-0.4, -0.2) is 100 Å². The van der Waals surface area contributed by atoms with Crippen LogP contribution in [0.1, 0.15) is 103 Å². The van der Waals surface area contributed by atoms with Crippen molar-refractivity contribution in [2.75, 3.05) is 7.11 Å². The molecule has 0 bridgehead atoms. The first kappa shape index (κ1) is 52.2. The van der Waals surface area contributed by atoms with Crippen molar-refractivity contribution in [2.45, 2.75) is 24.5 Å². The van der Waals surface area contributed by atoms with E-state index in [0.29, 0.717) is 21.8 Å². The molecule has 3 atom stereocenters. The van der Waals surface area contributed by atoms with Crippen molar-refractivity contribution in [3.05, 3.63) is 214 Å². The van der Waals surface area contributed by atoms with Crippen molar-refractivity contribution in [3.8, 4) is 5.75 Å². The predicted molar refractivity (Wildman–Crippen MR) is 256 cm³/mol. The zero-order valence-corrected chi connectivity index (χ0v) is 39.2. The number of carboxylic acid groups (broad SMARTS) is 3. The molecule has 374 valence electrons. The topological polar surface area (TPSA) is 320 Å². The fourth-order valence-electron chi connectivity index (χ4n) is 8.30. The molecule has 0 saturated heterocycles. The highest BCUT2D eigenvalue weighted by Gasteiger charge is 2.48. The molecule has 6 amide bonds. The Morgan fingerprint density at radius 1 is 0.514 bits per heavy atom. The highest BCUT2D eigenvalue weighted by molar-refractivity contribution is 6.43. The molecule has 0 fully saturated rings. The molecule has 3 unspecified atom stereocenters. The number of carbonyl (C=O) groups excluding carboxylic acids is 6. The number of nitrogens with zero attached hydrogens (tertiary/aromatic N) is 5. The zero-order chi connectivity index (χ0) is 53.9. The van der Waals surface area contributed by atoms with Crippen molar-refractivity contribution >= 4 is 87.9 Å². The van der Waals surface area contributed by atoms with Crippen LogP contribution in [0.5, 0.6) is 5.75 Å². The molecular weight excluding hydrogens is 1010 g/mol. The van der Waals surface area contributed by atoms with Crippen LogP contribution in [0.25, 0.3) is 0 Å². The van der Waals surface area contributed by atoms with E-state index in [1.807, 2.05) is 0 Å². The monoisotopic (exact) mass is 1050 g/mol. The van der Waals surface area contributed by atoms with E-state index in [1.165, 1.54) is 55.6 Å². The van der Waals surface area contributed by atoms with E-state index in [0.717, 1.165) is 21.9 Å². The second-order valence-corrected chi connectivity index (χ2v) is 16.7. The summed E-state index contributed by atoms with van der Waals surface area (Å²) in [6.07, 6.45) is -0.536. The Morgan fingerprint density at radius 3 is 1.27 bits per heavy atom. The van der Waals surface area contributed by atoms with E-state index in [-0.39, 0.29) is 49.0 Å². The van der Waals surface area contributed by atoms with Gasteiger partial charge in [0.15, 0.2) is 12.1 Å². The molecule has 6 aromatic carbocycles. The van der Waals surface area contributed by atoms with Crippen molar-refractivity contribution in [1.82, 2.24) is 14.7 Å². The van der Waals surface area contributed by atoms with Gasteiger partial charge in [-0.2, -0.15) is 0 Å². The number of ether oxygens (including phenoxy) is 1. The Hall–Kier alpha value is -9.67. The van der Waals surface area contributed by atoms with Crippen LogP contribution in [0.15, 0.2) is 133 Å². The number of rotatable bonds is 13. The van der Waals surface area contributed by atoms with Crippen LogP contribution >= 0.6 is 23.2 Å². The normalized spacial score (nSPS) is 14.4. The lowest BCUT2D eigenvalue weighted by atomic mass is 10.0. The molecule has 3 aliphatic heterocycles. The number of carbonyl (C=O) groups is 9. The highest BCUT2D eigenvalue weighted by Crippen LogP contribution is 2.40. The first-order valence-corrected chi connectivity index (χ1v) is 22.0. The summed E-state index contributed by atoms with van der Waals surface area (Å²) in [5.74, 6) is -8.33. The summed E-state index contributed by atoms with van der Waals surface area (Å²) in [4.78, 5) is 133. The summed E-state index contributed by atoms with van der Waals surface area (Å²) < 4.78 is 5.05. The molecule has 0 radical (unpaired) electrons. The Morgan fingerprint density at radius 2 is 0.892 bits per heavy atom. The van der Waals surface area contributed by atoms with E-state index < -0.39 is 99.1 Å². The van der Waals surface area contributed by atoms with Gasteiger partial charge in [0, 0.05) is 12.1 Å². The third-order valence-corrected chi connectivity index (χ3v) is 12.3. The molecule has 3 heterocycles. The van der Waals surface area contributed by atoms with Crippen molar-refractivity contribution in [3.63, 3.8) is 0 Å². The molecule has 74 heavy (non-hydrogen) atoms. The minimum Gasteiger partial charge on any atom is -0.497 e. The molecule has 0 saturated carbocycles. The Bertz CT molecular complexity index is 3330. The van der Waals surface area contributed by atoms with E-state index >= 15 is 0 Å². The second kappa shape index (κ2) is 21.4. The van der Waals surface area contributed by atoms with E-state index in [2.05, 4.69) is 0 Å². The van der Waals surface area contributed by atoms with Gasteiger partial charge in [0.05, 0.1) is 61.7 Å². The summed E-state index contributed by atoms with van der Waals surface area (Å²) in [7, 11) is 1.47. The highest BCUT2D eigenvalue weighted by atomic mass is 35.5.